The summed E-state index contributed by atoms with van der Waals surface area (Å²) in [4.78, 5) is 15.4. The van der Waals surface area contributed by atoms with Crippen molar-refractivity contribution >= 4 is 11.5 Å². The lowest BCUT2D eigenvalue weighted by Crippen LogP contribution is -2.45. The van der Waals surface area contributed by atoms with Crippen molar-refractivity contribution in [2.75, 3.05) is 39.3 Å². The van der Waals surface area contributed by atoms with Crippen molar-refractivity contribution in [3.63, 3.8) is 0 Å². The third-order valence-corrected chi connectivity index (χ3v) is 6.04. The molecule has 0 spiro atoms. The number of piperazine rings is 1. The molecule has 9 heteroatoms. The smallest absolute Gasteiger partial charge is 0.164 e. The first kappa shape index (κ1) is 38.7. The van der Waals surface area contributed by atoms with Crippen LogP contribution in [0.5, 0.6) is 0 Å². The largest absolute Gasteiger partial charge is 0.498 e. The third kappa shape index (κ3) is 14.5. The van der Waals surface area contributed by atoms with E-state index in [1.807, 2.05) is 54.5 Å². The van der Waals surface area contributed by atoms with E-state index in [0.717, 1.165) is 69.8 Å². The van der Waals surface area contributed by atoms with Crippen LogP contribution in [0.4, 0.5) is 14.6 Å². The first-order chi connectivity index (χ1) is 20.3. The Morgan fingerprint density at radius 1 is 1.12 bits per heavy atom. The maximum absolute atomic E-state index is 15.0. The van der Waals surface area contributed by atoms with Gasteiger partial charge in [-0.25, -0.2) is 18.8 Å². The van der Waals surface area contributed by atoms with Gasteiger partial charge in [0.1, 0.15) is 12.0 Å². The lowest BCUT2D eigenvalue weighted by molar-refractivity contribution is 0.132. The molecule has 7 nitrogen and oxygen atoms in total. The van der Waals surface area contributed by atoms with Gasteiger partial charge in [-0.3, -0.25) is 4.90 Å². The minimum Gasteiger partial charge on any atom is -0.498 e. The Morgan fingerprint density at radius 2 is 1.76 bits per heavy atom. The highest BCUT2D eigenvalue weighted by atomic mass is 19.1. The summed E-state index contributed by atoms with van der Waals surface area (Å²) in [6, 6.07) is 3.74. The Bertz CT molecular complexity index is 1020. The standard InChI is InChI=1S/C29H42F2N6O.2C2H6/c1-6-17-38-22-26(30)18-25(11-12-37(8-3)23(4)5)29(27(31)19-32)34-28-10-9-24(20-33-28)21-36-15-13-35(7-2)14-16-36;2*1-2/h8-12,18-20,22-23H,3,6-7,13-17,21,32H2,1-2,4-5H3;2*1-2H3/b12-11+,25-18+,26-22-,27-19+,34-29?;;. The van der Waals surface area contributed by atoms with E-state index in [0.29, 0.717) is 6.61 Å². The van der Waals surface area contributed by atoms with Crippen molar-refractivity contribution < 1.29 is 13.5 Å². The van der Waals surface area contributed by atoms with Crippen molar-refractivity contribution in [2.45, 2.75) is 74.4 Å². The molecular weight excluding hydrogens is 534 g/mol. The van der Waals surface area contributed by atoms with E-state index in [9.17, 15) is 8.78 Å². The van der Waals surface area contributed by atoms with E-state index >= 15 is 0 Å². The number of ether oxygens (including phenoxy) is 1. The lowest BCUT2D eigenvalue weighted by atomic mass is 10.1. The molecule has 42 heavy (non-hydrogen) atoms. The van der Waals surface area contributed by atoms with Crippen LogP contribution in [0, 0.1) is 0 Å². The number of aromatic nitrogens is 1. The Kier molecular flexibility index (Phi) is 21.5. The Balaban J connectivity index is 0.00000402. The summed E-state index contributed by atoms with van der Waals surface area (Å²) in [5.74, 6) is -1.21. The fourth-order valence-corrected chi connectivity index (χ4v) is 3.79. The number of pyridine rings is 1. The van der Waals surface area contributed by atoms with E-state index in [1.165, 1.54) is 0 Å². The van der Waals surface area contributed by atoms with Gasteiger partial charge in [-0.05, 0) is 56.8 Å². The summed E-state index contributed by atoms with van der Waals surface area (Å²) in [5.41, 5.74) is 6.57. The predicted octanol–water partition coefficient (Wildman–Crippen LogP) is 7.65. The van der Waals surface area contributed by atoms with Gasteiger partial charge in [0, 0.05) is 62.9 Å². The molecule has 0 radical (unpaired) electrons. The summed E-state index contributed by atoms with van der Waals surface area (Å²) in [5, 5.41) is 0. The monoisotopic (exact) mass is 588 g/mol. The quantitative estimate of drug-likeness (QED) is 0.104. The van der Waals surface area contributed by atoms with Crippen LogP contribution in [0.25, 0.3) is 0 Å². The minimum atomic E-state index is -0.808. The zero-order valence-corrected chi connectivity index (χ0v) is 27.1. The zero-order chi connectivity index (χ0) is 31.9. The fourth-order valence-electron chi connectivity index (χ4n) is 3.79. The summed E-state index contributed by atoms with van der Waals surface area (Å²) in [6.07, 6.45) is 10.3. The van der Waals surface area contributed by atoms with Crippen LogP contribution < -0.4 is 5.73 Å². The number of aliphatic imine (C=N–C) groups is 1. The molecule has 2 rings (SSSR count). The molecule has 2 heterocycles. The number of likely N-dealkylation sites (N-methyl/N-ethyl adjacent to an activating group) is 1. The van der Waals surface area contributed by atoms with Crippen LogP contribution in [0.1, 0.15) is 67.4 Å². The Hall–Kier alpha value is -3.30. The van der Waals surface area contributed by atoms with E-state index < -0.39 is 11.7 Å². The van der Waals surface area contributed by atoms with Crippen molar-refractivity contribution in [2.24, 2.45) is 10.7 Å². The number of hydrogen-bond donors (Lipinski definition) is 1. The van der Waals surface area contributed by atoms with Gasteiger partial charge in [0.15, 0.2) is 17.5 Å². The van der Waals surface area contributed by atoms with Crippen LogP contribution in [0.2, 0.25) is 0 Å². The molecule has 2 N–H and O–H groups in total. The van der Waals surface area contributed by atoms with Crippen LogP contribution in [-0.2, 0) is 11.3 Å². The number of nitrogens with zero attached hydrogens (tertiary/aromatic N) is 5. The van der Waals surface area contributed by atoms with Crippen molar-refractivity contribution in [1.29, 1.82) is 0 Å². The second kappa shape index (κ2) is 23.3. The van der Waals surface area contributed by atoms with E-state index in [-0.39, 0.29) is 23.1 Å². The molecule has 1 fully saturated rings. The molecule has 236 valence electrons. The average Bonchev–Trinajstić information content (AvgIpc) is 3.02. The van der Waals surface area contributed by atoms with Crippen molar-refractivity contribution in [3.05, 3.63) is 84.7 Å². The number of rotatable bonds is 14. The Labute approximate surface area is 253 Å². The normalized spacial score (nSPS) is 15.6. The van der Waals surface area contributed by atoms with Crippen molar-refractivity contribution in [1.82, 2.24) is 19.7 Å². The molecular formula is C33H54F2N6O. The van der Waals surface area contributed by atoms with Gasteiger partial charge in [-0.15, -0.1) is 0 Å². The molecule has 1 aliphatic rings. The molecule has 0 atom stereocenters. The zero-order valence-electron chi connectivity index (χ0n) is 27.1. The van der Waals surface area contributed by atoms with Crippen molar-refractivity contribution in [3.8, 4) is 0 Å². The summed E-state index contributed by atoms with van der Waals surface area (Å²) in [6.45, 7) is 26.2. The molecule has 0 aliphatic carbocycles. The van der Waals surface area contributed by atoms with Gasteiger partial charge in [-0.2, -0.15) is 0 Å². The highest BCUT2D eigenvalue weighted by Crippen LogP contribution is 2.20. The van der Waals surface area contributed by atoms with Gasteiger partial charge in [0.2, 0.25) is 0 Å². The number of hydrogen-bond acceptors (Lipinski definition) is 7. The van der Waals surface area contributed by atoms with Gasteiger partial charge < -0.3 is 20.3 Å². The number of halogens is 2. The highest BCUT2D eigenvalue weighted by molar-refractivity contribution is 6.13. The molecule has 0 saturated carbocycles. The molecule has 1 aliphatic heterocycles. The maximum Gasteiger partial charge on any atom is 0.164 e. The van der Waals surface area contributed by atoms with Gasteiger partial charge in [0.05, 0.1) is 6.61 Å². The summed E-state index contributed by atoms with van der Waals surface area (Å²) < 4.78 is 34.8. The van der Waals surface area contributed by atoms with Crippen LogP contribution in [0.15, 0.2) is 84.1 Å². The molecule has 0 amide bonds. The van der Waals surface area contributed by atoms with Crippen LogP contribution in [0.3, 0.4) is 0 Å². The summed E-state index contributed by atoms with van der Waals surface area (Å²) in [7, 11) is 0. The highest BCUT2D eigenvalue weighted by Gasteiger charge is 2.16. The SMILES string of the molecule is C=CN(/C=C/C(=C\C(F)=C\OCCC)C(=Nc1ccc(CN2CCN(CC)CC2)cn1)/C(F)=C\N)C(C)C.CC.CC. The average molecular weight is 589 g/mol. The van der Waals surface area contributed by atoms with E-state index in [2.05, 4.69) is 33.3 Å². The topological polar surface area (TPSA) is 70.2 Å². The minimum absolute atomic E-state index is 0.0905. The molecule has 0 bridgehead atoms. The second-order valence-corrected chi connectivity index (χ2v) is 9.22. The molecule has 1 aromatic heterocycles. The Morgan fingerprint density at radius 3 is 2.26 bits per heavy atom. The van der Waals surface area contributed by atoms with Crippen LogP contribution in [-0.4, -0.2) is 70.8 Å². The van der Waals surface area contributed by atoms with E-state index in [1.54, 1.807) is 35.6 Å². The first-order valence-corrected chi connectivity index (χ1v) is 15.1. The lowest BCUT2D eigenvalue weighted by Gasteiger charge is -2.33. The van der Waals surface area contributed by atoms with Gasteiger partial charge in [-0.1, -0.05) is 54.2 Å². The first-order valence-electron chi connectivity index (χ1n) is 15.1. The van der Waals surface area contributed by atoms with Gasteiger partial charge >= 0.3 is 0 Å². The fraction of sp³-hybridized carbons (Fsp3) is 0.515. The van der Waals surface area contributed by atoms with Crippen LogP contribution >= 0.6 is 0 Å². The number of nitrogens with two attached hydrogens (primary N) is 1. The third-order valence-electron chi connectivity index (χ3n) is 6.04. The maximum atomic E-state index is 15.0. The molecule has 0 unspecified atom stereocenters. The van der Waals surface area contributed by atoms with E-state index in [4.69, 9.17) is 10.5 Å². The van der Waals surface area contributed by atoms with Gasteiger partial charge in [0.25, 0.3) is 0 Å². The molecule has 1 aromatic rings. The second-order valence-electron chi connectivity index (χ2n) is 9.22. The predicted molar refractivity (Wildman–Crippen MR) is 175 cm³/mol. The summed E-state index contributed by atoms with van der Waals surface area (Å²) >= 11 is 0. The molecule has 1 saturated heterocycles. The number of allylic oxidation sites excluding steroid dienone is 5. The molecule has 0 aromatic carbocycles.